The minimum Gasteiger partial charge on any atom is -0.334 e. The lowest BCUT2D eigenvalue weighted by Crippen LogP contribution is -3.12. The smallest absolute Gasteiger partial charge is 0.256 e. The van der Waals surface area contributed by atoms with Crippen LogP contribution in [-0.2, 0) is 0 Å². The molecule has 2 amide bonds. The van der Waals surface area contributed by atoms with E-state index < -0.39 is 0 Å². The number of rotatable bonds is 3. The zero-order valence-corrected chi connectivity index (χ0v) is 14.7. The van der Waals surface area contributed by atoms with Crippen molar-refractivity contribution in [1.29, 1.82) is 0 Å². The first-order valence-electron chi connectivity index (χ1n) is 8.62. The van der Waals surface area contributed by atoms with Gasteiger partial charge in [0.05, 0.1) is 44.5 Å². The molecule has 0 bridgehead atoms. The molecule has 0 radical (unpaired) electrons. The molecule has 1 fully saturated rings. The van der Waals surface area contributed by atoms with Gasteiger partial charge in [0.15, 0.2) is 0 Å². The van der Waals surface area contributed by atoms with E-state index in [-0.39, 0.29) is 11.8 Å². The second-order valence-electron chi connectivity index (χ2n) is 6.62. The van der Waals surface area contributed by atoms with E-state index in [1.807, 2.05) is 42.2 Å². The van der Waals surface area contributed by atoms with E-state index >= 15 is 0 Å². The average molecular weight is 338 g/mol. The Morgan fingerprint density at radius 3 is 2.48 bits per heavy atom. The van der Waals surface area contributed by atoms with E-state index in [9.17, 15) is 9.59 Å². The van der Waals surface area contributed by atoms with Crippen molar-refractivity contribution in [1.82, 2.24) is 4.90 Å². The summed E-state index contributed by atoms with van der Waals surface area (Å²) < 4.78 is 0. The summed E-state index contributed by atoms with van der Waals surface area (Å²) in [7, 11) is 2.14. The first-order chi connectivity index (χ1) is 12.0. The Morgan fingerprint density at radius 1 is 1.04 bits per heavy atom. The molecule has 1 heterocycles. The number of para-hydroxylation sites is 1. The standard InChI is InChI=1S/C20H23N3O2/c1-15-6-5-7-16(14-15)19(24)21-18-9-4-3-8-17(18)20(25)23-12-10-22(2)11-13-23/h3-9,14H,10-13H2,1-2H3,(H,21,24)/p+1. The molecule has 2 aromatic carbocycles. The molecule has 5 heteroatoms. The lowest BCUT2D eigenvalue weighted by Gasteiger charge is -2.30. The molecule has 2 aromatic rings. The number of carbonyl (C=O) groups is 2. The summed E-state index contributed by atoms with van der Waals surface area (Å²) in [6.45, 7) is 5.33. The first-order valence-corrected chi connectivity index (χ1v) is 8.62. The van der Waals surface area contributed by atoms with Crippen molar-refractivity contribution in [2.24, 2.45) is 0 Å². The Morgan fingerprint density at radius 2 is 1.76 bits per heavy atom. The van der Waals surface area contributed by atoms with Gasteiger partial charge < -0.3 is 15.1 Å². The summed E-state index contributed by atoms with van der Waals surface area (Å²) in [5, 5.41) is 2.89. The largest absolute Gasteiger partial charge is 0.334 e. The number of amides is 2. The number of aryl methyl sites for hydroxylation is 1. The minimum atomic E-state index is -0.202. The van der Waals surface area contributed by atoms with Gasteiger partial charge in [0.1, 0.15) is 0 Å². The molecule has 130 valence electrons. The van der Waals surface area contributed by atoms with Crippen LogP contribution in [0, 0.1) is 6.92 Å². The average Bonchev–Trinajstić information content (AvgIpc) is 2.62. The number of quaternary nitrogens is 1. The Bertz CT molecular complexity index is 780. The highest BCUT2D eigenvalue weighted by atomic mass is 16.2. The van der Waals surface area contributed by atoms with Gasteiger partial charge in [0.25, 0.3) is 11.8 Å². The van der Waals surface area contributed by atoms with Crippen LogP contribution in [-0.4, -0.2) is 49.9 Å². The predicted octanol–water partition coefficient (Wildman–Crippen LogP) is 1.22. The highest BCUT2D eigenvalue weighted by Gasteiger charge is 2.24. The van der Waals surface area contributed by atoms with E-state index in [0.29, 0.717) is 16.8 Å². The van der Waals surface area contributed by atoms with Crippen LogP contribution in [0.5, 0.6) is 0 Å². The second kappa shape index (κ2) is 7.49. The summed E-state index contributed by atoms with van der Waals surface area (Å²) in [6, 6.07) is 14.6. The number of anilines is 1. The quantitative estimate of drug-likeness (QED) is 0.884. The van der Waals surface area contributed by atoms with Gasteiger partial charge in [-0.2, -0.15) is 0 Å². The Labute approximate surface area is 148 Å². The van der Waals surface area contributed by atoms with Crippen LogP contribution >= 0.6 is 0 Å². The Hall–Kier alpha value is -2.66. The van der Waals surface area contributed by atoms with E-state index in [4.69, 9.17) is 0 Å². The van der Waals surface area contributed by atoms with Crippen molar-refractivity contribution < 1.29 is 14.5 Å². The van der Waals surface area contributed by atoms with Gasteiger partial charge in [0.2, 0.25) is 0 Å². The Kier molecular flexibility index (Phi) is 5.14. The molecule has 0 atom stereocenters. The number of nitrogens with zero attached hydrogens (tertiary/aromatic N) is 1. The molecule has 3 rings (SSSR count). The van der Waals surface area contributed by atoms with Crippen molar-refractivity contribution in [3.63, 3.8) is 0 Å². The van der Waals surface area contributed by atoms with Crippen LogP contribution in [0.4, 0.5) is 5.69 Å². The molecule has 2 N–H and O–H groups in total. The van der Waals surface area contributed by atoms with Crippen LogP contribution in [0.2, 0.25) is 0 Å². The molecular weight excluding hydrogens is 314 g/mol. The zero-order chi connectivity index (χ0) is 17.8. The minimum absolute atomic E-state index is 0.0207. The number of hydrogen-bond acceptors (Lipinski definition) is 2. The summed E-state index contributed by atoms with van der Waals surface area (Å²) in [5.74, 6) is -0.223. The van der Waals surface area contributed by atoms with Crippen LogP contribution < -0.4 is 10.2 Å². The maximum absolute atomic E-state index is 12.9. The monoisotopic (exact) mass is 338 g/mol. The molecule has 1 aliphatic rings. The predicted molar refractivity (Wildman–Crippen MR) is 98.1 cm³/mol. The maximum Gasteiger partial charge on any atom is 0.256 e. The summed E-state index contributed by atoms with van der Waals surface area (Å²) >= 11 is 0. The molecule has 25 heavy (non-hydrogen) atoms. The van der Waals surface area contributed by atoms with Gasteiger partial charge in [0, 0.05) is 5.56 Å². The topological polar surface area (TPSA) is 53.9 Å². The number of carbonyl (C=O) groups excluding carboxylic acids is 2. The molecule has 5 nitrogen and oxygen atoms in total. The van der Waals surface area contributed by atoms with E-state index in [2.05, 4.69) is 12.4 Å². The Balaban J connectivity index is 1.79. The number of hydrogen-bond donors (Lipinski definition) is 2. The SMILES string of the molecule is Cc1cccc(C(=O)Nc2ccccc2C(=O)N2CC[NH+](C)CC2)c1. The summed E-state index contributed by atoms with van der Waals surface area (Å²) in [6.07, 6.45) is 0. The molecule has 0 aliphatic carbocycles. The molecule has 0 aromatic heterocycles. The second-order valence-corrected chi connectivity index (χ2v) is 6.62. The number of benzene rings is 2. The molecular formula is C20H24N3O2+. The van der Waals surface area contributed by atoms with Gasteiger partial charge in [-0.15, -0.1) is 0 Å². The fourth-order valence-electron chi connectivity index (χ4n) is 3.02. The summed E-state index contributed by atoms with van der Waals surface area (Å²) in [5.41, 5.74) is 2.72. The van der Waals surface area contributed by atoms with Crippen molar-refractivity contribution >= 4 is 17.5 Å². The van der Waals surface area contributed by atoms with Gasteiger partial charge in [-0.25, -0.2) is 0 Å². The van der Waals surface area contributed by atoms with Crippen LogP contribution in [0.15, 0.2) is 48.5 Å². The number of nitrogens with one attached hydrogen (secondary N) is 2. The normalized spacial score (nSPS) is 15.0. The highest BCUT2D eigenvalue weighted by Crippen LogP contribution is 2.19. The third-order valence-electron chi connectivity index (χ3n) is 4.59. The zero-order valence-electron chi connectivity index (χ0n) is 14.7. The van der Waals surface area contributed by atoms with Crippen molar-refractivity contribution in [2.75, 3.05) is 38.5 Å². The van der Waals surface area contributed by atoms with Gasteiger partial charge in [-0.05, 0) is 31.2 Å². The lowest BCUT2D eigenvalue weighted by molar-refractivity contribution is -0.883. The summed E-state index contributed by atoms with van der Waals surface area (Å²) in [4.78, 5) is 28.7. The molecule has 1 aliphatic heterocycles. The molecule has 0 unspecified atom stereocenters. The third-order valence-corrected chi connectivity index (χ3v) is 4.59. The van der Waals surface area contributed by atoms with E-state index in [0.717, 1.165) is 31.7 Å². The first kappa shape index (κ1) is 17.2. The third kappa shape index (κ3) is 4.06. The van der Waals surface area contributed by atoms with Gasteiger partial charge in [-0.1, -0.05) is 29.8 Å². The fraction of sp³-hybridized carbons (Fsp3) is 0.300. The van der Waals surface area contributed by atoms with E-state index in [1.54, 1.807) is 18.2 Å². The van der Waals surface area contributed by atoms with Gasteiger partial charge >= 0.3 is 0 Å². The fourth-order valence-corrected chi connectivity index (χ4v) is 3.02. The van der Waals surface area contributed by atoms with Crippen molar-refractivity contribution in [3.05, 3.63) is 65.2 Å². The van der Waals surface area contributed by atoms with Crippen molar-refractivity contribution in [3.8, 4) is 0 Å². The number of likely N-dealkylation sites (N-methyl/N-ethyl adjacent to an activating group) is 1. The number of piperazine rings is 1. The maximum atomic E-state index is 12.9. The van der Waals surface area contributed by atoms with Crippen LogP contribution in [0.25, 0.3) is 0 Å². The van der Waals surface area contributed by atoms with Crippen LogP contribution in [0.1, 0.15) is 26.3 Å². The van der Waals surface area contributed by atoms with Gasteiger partial charge in [-0.3, -0.25) is 9.59 Å². The highest BCUT2D eigenvalue weighted by molar-refractivity contribution is 6.09. The van der Waals surface area contributed by atoms with Crippen molar-refractivity contribution in [2.45, 2.75) is 6.92 Å². The molecule has 0 saturated carbocycles. The van der Waals surface area contributed by atoms with E-state index in [1.165, 1.54) is 4.90 Å². The lowest BCUT2D eigenvalue weighted by atomic mass is 10.1. The molecule has 0 spiro atoms. The molecule has 1 saturated heterocycles. The van der Waals surface area contributed by atoms with Crippen LogP contribution in [0.3, 0.4) is 0 Å².